The van der Waals surface area contributed by atoms with Crippen LogP contribution in [0.25, 0.3) is 5.69 Å². The van der Waals surface area contributed by atoms with Crippen LogP contribution in [0.1, 0.15) is 0 Å². The number of rotatable bonds is 2. The molecular weight excluding hydrogens is 226 g/mol. The van der Waals surface area contributed by atoms with E-state index >= 15 is 0 Å². The van der Waals surface area contributed by atoms with Crippen molar-refractivity contribution in [2.24, 2.45) is 0 Å². The van der Waals surface area contributed by atoms with Crippen molar-refractivity contribution in [2.45, 2.75) is 4.90 Å². The monoisotopic (exact) mass is 237 g/mol. The molecule has 0 aliphatic rings. The molecular formula is C10H11N3O2S. The smallest absolute Gasteiger partial charge is 0.178 e. The zero-order chi connectivity index (χ0) is 11.8. The molecule has 0 bridgehead atoms. The Labute approximate surface area is 93.4 Å². The van der Waals surface area contributed by atoms with Crippen LogP contribution in [0.3, 0.4) is 0 Å². The molecule has 84 valence electrons. The lowest BCUT2D eigenvalue weighted by molar-refractivity contribution is 0.602. The predicted octanol–water partition coefficient (Wildman–Crippen LogP) is 0.858. The van der Waals surface area contributed by atoms with Gasteiger partial charge in [0.25, 0.3) is 0 Å². The Kier molecular flexibility index (Phi) is 2.43. The number of aromatic nitrogens is 2. The molecule has 6 heteroatoms. The summed E-state index contributed by atoms with van der Waals surface area (Å²) in [5.41, 5.74) is 6.97. The Balaban J connectivity index is 2.47. The van der Waals surface area contributed by atoms with Gasteiger partial charge in [-0.15, -0.1) is 0 Å². The Morgan fingerprint density at radius 2 is 2.12 bits per heavy atom. The largest absolute Gasteiger partial charge is 0.399 e. The van der Waals surface area contributed by atoms with Crippen LogP contribution in [0.2, 0.25) is 0 Å². The van der Waals surface area contributed by atoms with Crippen LogP contribution in [0.4, 0.5) is 5.69 Å². The third-order valence-electron chi connectivity index (χ3n) is 2.12. The van der Waals surface area contributed by atoms with E-state index in [2.05, 4.69) is 5.10 Å². The Morgan fingerprint density at radius 3 is 2.69 bits per heavy atom. The Bertz CT molecular complexity index is 616. The van der Waals surface area contributed by atoms with Gasteiger partial charge in [0.1, 0.15) is 4.90 Å². The fraction of sp³-hybridized carbons (Fsp3) is 0.100. The van der Waals surface area contributed by atoms with Gasteiger partial charge in [0, 0.05) is 18.1 Å². The number of hydrogen-bond acceptors (Lipinski definition) is 4. The predicted molar refractivity (Wildman–Crippen MR) is 61.1 cm³/mol. The zero-order valence-corrected chi connectivity index (χ0v) is 9.48. The lowest BCUT2D eigenvalue weighted by Crippen LogP contribution is -1.97. The van der Waals surface area contributed by atoms with Crippen LogP contribution in [-0.4, -0.2) is 24.5 Å². The Hall–Kier alpha value is -1.82. The van der Waals surface area contributed by atoms with Crippen molar-refractivity contribution in [3.8, 4) is 5.69 Å². The van der Waals surface area contributed by atoms with Gasteiger partial charge in [0.05, 0.1) is 11.9 Å². The van der Waals surface area contributed by atoms with Gasteiger partial charge >= 0.3 is 0 Å². The molecule has 1 heterocycles. The maximum atomic E-state index is 11.3. The molecule has 0 spiro atoms. The van der Waals surface area contributed by atoms with Crippen LogP contribution in [0.15, 0.2) is 41.6 Å². The molecule has 2 N–H and O–H groups in total. The molecule has 2 rings (SSSR count). The molecule has 2 aromatic rings. The molecule has 5 nitrogen and oxygen atoms in total. The van der Waals surface area contributed by atoms with Gasteiger partial charge < -0.3 is 5.73 Å². The van der Waals surface area contributed by atoms with E-state index in [0.29, 0.717) is 5.69 Å². The van der Waals surface area contributed by atoms with Gasteiger partial charge in [0.2, 0.25) is 0 Å². The van der Waals surface area contributed by atoms with Crippen molar-refractivity contribution in [1.82, 2.24) is 9.78 Å². The summed E-state index contributed by atoms with van der Waals surface area (Å²) < 4.78 is 24.0. The second-order valence-electron chi connectivity index (χ2n) is 3.49. The maximum absolute atomic E-state index is 11.3. The second kappa shape index (κ2) is 3.64. The van der Waals surface area contributed by atoms with E-state index < -0.39 is 9.84 Å². The van der Waals surface area contributed by atoms with Crippen molar-refractivity contribution in [1.29, 1.82) is 0 Å². The number of anilines is 1. The first kappa shape index (κ1) is 10.7. The lowest BCUT2D eigenvalue weighted by Gasteiger charge is -2.01. The normalized spacial score (nSPS) is 11.6. The average Bonchev–Trinajstić information content (AvgIpc) is 2.65. The van der Waals surface area contributed by atoms with Crippen molar-refractivity contribution in [3.63, 3.8) is 0 Å². The van der Waals surface area contributed by atoms with Gasteiger partial charge in [-0.3, -0.25) is 0 Å². The summed E-state index contributed by atoms with van der Waals surface area (Å²) >= 11 is 0. The fourth-order valence-electron chi connectivity index (χ4n) is 1.31. The number of sulfone groups is 1. The highest BCUT2D eigenvalue weighted by molar-refractivity contribution is 7.90. The van der Waals surface area contributed by atoms with Crippen LogP contribution in [0.5, 0.6) is 0 Å². The van der Waals surface area contributed by atoms with Crippen molar-refractivity contribution in [2.75, 3.05) is 12.0 Å². The summed E-state index contributed by atoms with van der Waals surface area (Å²) in [5.74, 6) is 0. The molecule has 0 radical (unpaired) electrons. The molecule has 16 heavy (non-hydrogen) atoms. The summed E-state index contributed by atoms with van der Waals surface area (Å²) in [7, 11) is -3.21. The molecule has 0 aliphatic heterocycles. The number of nitrogen functional groups attached to an aromatic ring is 1. The van der Waals surface area contributed by atoms with Crippen molar-refractivity contribution >= 4 is 15.5 Å². The van der Waals surface area contributed by atoms with E-state index in [0.717, 1.165) is 11.9 Å². The zero-order valence-electron chi connectivity index (χ0n) is 8.66. The molecule has 1 aromatic heterocycles. The van der Waals surface area contributed by atoms with E-state index in [1.54, 1.807) is 24.3 Å². The minimum atomic E-state index is -3.21. The first-order valence-corrected chi connectivity index (χ1v) is 6.46. The molecule has 0 aliphatic carbocycles. The number of benzene rings is 1. The molecule has 1 aromatic carbocycles. The van der Waals surface area contributed by atoms with Gasteiger partial charge in [-0.2, -0.15) is 5.10 Å². The summed E-state index contributed by atoms with van der Waals surface area (Å²) in [6, 6.07) is 7.06. The quantitative estimate of drug-likeness (QED) is 0.786. The molecule has 0 saturated carbocycles. The highest BCUT2D eigenvalue weighted by Crippen LogP contribution is 2.14. The molecule has 0 fully saturated rings. The first-order valence-electron chi connectivity index (χ1n) is 4.57. The summed E-state index contributed by atoms with van der Waals surface area (Å²) in [5, 5.41) is 3.98. The standard InChI is InChI=1S/C10H11N3O2S/c1-16(14,15)10-6-12-13(7-10)9-4-2-3-8(11)5-9/h2-7H,11H2,1H3. The van der Waals surface area contributed by atoms with E-state index in [-0.39, 0.29) is 4.90 Å². The molecule has 0 atom stereocenters. The van der Waals surface area contributed by atoms with E-state index in [1.807, 2.05) is 0 Å². The SMILES string of the molecule is CS(=O)(=O)c1cnn(-c2cccc(N)c2)c1. The molecule has 0 unspecified atom stereocenters. The van der Waals surface area contributed by atoms with Crippen LogP contribution in [0, 0.1) is 0 Å². The Morgan fingerprint density at radius 1 is 1.38 bits per heavy atom. The van der Waals surface area contributed by atoms with Crippen LogP contribution < -0.4 is 5.73 Å². The number of nitrogens with two attached hydrogens (primary N) is 1. The van der Waals surface area contributed by atoms with Gasteiger partial charge in [-0.25, -0.2) is 13.1 Å². The van der Waals surface area contributed by atoms with E-state index in [1.165, 1.54) is 17.1 Å². The van der Waals surface area contributed by atoms with E-state index in [9.17, 15) is 8.42 Å². The van der Waals surface area contributed by atoms with Gasteiger partial charge in [-0.05, 0) is 18.2 Å². The van der Waals surface area contributed by atoms with Gasteiger partial charge in [0.15, 0.2) is 9.84 Å². The number of nitrogens with zero attached hydrogens (tertiary/aromatic N) is 2. The lowest BCUT2D eigenvalue weighted by atomic mass is 10.3. The summed E-state index contributed by atoms with van der Waals surface area (Å²) in [4.78, 5) is 0.190. The summed E-state index contributed by atoms with van der Waals surface area (Å²) in [6.07, 6.45) is 3.93. The van der Waals surface area contributed by atoms with Crippen LogP contribution in [-0.2, 0) is 9.84 Å². The van der Waals surface area contributed by atoms with Crippen LogP contribution >= 0.6 is 0 Å². The van der Waals surface area contributed by atoms with Crippen molar-refractivity contribution in [3.05, 3.63) is 36.7 Å². The highest BCUT2D eigenvalue weighted by Gasteiger charge is 2.10. The maximum Gasteiger partial charge on any atom is 0.178 e. The molecule has 0 saturated heterocycles. The fourth-order valence-corrected chi connectivity index (χ4v) is 1.84. The topological polar surface area (TPSA) is 78.0 Å². The third kappa shape index (κ3) is 2.06. The average molecular weight is 237 g/mol. The third-order valence-corrected chi connectivity index (χ3v) is 3.19. The highest BCUT2D eigenvalue weighted by atomic mass is 32.2. The minimum absolute atomic E-state index is 0.190. The minimum Gasteiger partial charge on any atom is -0.399 e. The number of hydrogen-bond donors (Lipinski definition) is 1. The molecule has 0 amide bonds. The van der Waals surface area contributed by atoms with E-state index in [4.69, 9.17) is 5.73 Å². The second-order valence-corrected chi connectivity index (χ2v) is 5.50. The summed E-state index contributed by atoms with van der Waals surface area (Å²) in [6.45, 7) is 0. The first-order chi connectivity index (χ1) is 7.47. The van der Waals surface area contributed by atoms with Gasteiger partial charge in [-0.1, -0.05) is 6.07 Å². The van der Waals surface area contributed by atoms with Crippen molar-refractivity contribution < 1.29 is 8.42 Å².